The van der Waals surface area contributed by atoms with E-state index in [2.05, 4.69) is 20.4 Å². The third kappa shape index (κ3) is 2.58. The Labute approximate surface area is 119 Å². The molecule has 3 aromatic rings. The van der Waals surface area contributed by atoms with E-state index < -0.39 is 0 Å². The molecule has 0 aliphatic heterocycles. The Hall–Kier alpha value is -2.83. The molecule has 0 radical (unpaired) electrons. The van der Waals surface area contributed by atoms with Crippen molar-refractivity contribution in [3.63, 3.8) is 0 Å². The summed E-state index contributed by atoms with van der Waals surface area (Å²) < 4.78 is 5.03. The minimum atomic E-state index is -0.274. The van der Waals surface area contributed by atoms with Crippen molar-refractivity contribution in [2.45, 2.75) is 20.3 Å². The van der Waals surface area contributed by atoms with Crippen LogP contribution in [0.4, 0.5) is 5.69 Å². The van der Waals surface area contributed by atoms with E-state index >= 15 is 0 Å². The Morgan fingerprint density at radius 3 is 2.76 bits per heavy atom. The van der Waals surface area contributed by atoms with E-state index in [9.17, 15) is 9.59 Å². The van der Waals surface area contributed by atoms with Crippen molar-refractivity contribution in [1.29, 1.82) is 0 Å². The van der Waals surface area contributed by atoms with Crippen LogP contribution in [0.1, 0.15) is 17.0 Å². The van der Waals surface area contributed by atoms with E-state index in [0.717, 1.165) is 5.56 Å². The maximum Gasteiger partial charge on any atom is 0.323 e. The number of fused-ring (bicyclic) bond motifs is 1. The zero-order valence-electron chi connectivity index (χ0n) is 11.6. The Balaban J connectivity index is 1.78. The van der Waals surface area contributed by atoms with E-state index in [-0.39, 0.29) is 18.0 Å². The molecule has 2 heterocycles. The number of hydrogen-bond acceptors (Lipinski definition) is 4. The normalized spacial score (nSPS) is 11.0. The van der Waals surface area contributed by atoms with E-state index in [1.807, 2.05) is 0 Å². The lowest BCUT2D eigenvalue weighted by Crippen LogP contribution is -2.15. The molecule has 0 atom stereocenters. The molecule has 21 heavy (non-hydrogen) atoms. The van der Waals surface area contributed by atoms with Gasteiger partial charge in [0.1, 0.15) is 5.76 Å². The molecule has 0 saturated carbocycles. The predicted octanol–water partition coefficient (Wildman–Crippen LogP) is 1.64. The Bertz CT molecular complexity index is 852. The molecule has 0 saturated heterocycles. The van der Waals surface area contributed by atoms with E-state index in [4.69, 9.17) is 4.52 Å². The SMILES string of the molecule is Cc1noc(C)c1CC(=O)Nc1ccc2[nH]c(=O)[nH]c2c1. The number of amides is 1. The van der Waals surface area contributed by atoms with Gasteiger partial charge in [0, 0.05) is 11.3 Å². The van der Waals surface area contributed by atoms with Crippen molar-refractivity contribution in [3.8, 4) is 0 Å². The van der Waals surface area contributed by atoms with Crippen molar-refractivity contribution in [3.05, 3.63) is 45.7 Å². The number of anilines is 1. The molecule has 0 fully saturated rings. The number of imidazole rings is 1. The van der Waals surface area contributed by atoms with Gasteiger partial charge in [0.25, 0.3) is 0 Å². The summed E-state index contributed by atoms with van der Waals surface area (Å²) in [5, 5.41) is 6.61. The molecule has 1 aromatic carbocycles. The van der Waals surface area contributed by atoms with Gasteiger partial charge in [0.2, 0.25) is 5.91 Å². The van der Waals surface area contributed by atoms with E-state index in [1.165, 1.54) is 0 Å². The Morgan fingerprint density at radius 1 is 1.29 bits per heavy atom. The molecule has 0 spiro atoms. The minimum absolute atomic E-state index is 0.165. The third-order valence-corrected chi connectivity index (χ3v) is 3.32. The number of carbonyl (C=O) groups excluding carboxylic acids is 1. The van der Waals surface area contributed by atoms with Crippen LogP contribution >= 0.6 is 0 Å². The highest BCUT2D eigenvalue weighted by Crippen LogP contribution is 2.17. The molecule has 0 aliphatic rings. The number of H-pyrrole nitrogens is 2. The van der Waals surface area contributed by atoms with Crippen LogP contribution in [0.15, 0.2) is 27.5 Å². The third-order valence-electron chi connectivity index (χ3n) is 3.32. The van der Waals surface area contributed by atoms with E-state index in [0.29, 0.717) is 28.2 Å². The number of nitrogens with zero attached hydrogens (tertiary/aromatic N) is 1. The number of nitrogens with one attached hydrogen (secondary N) is 3. The smallest absolute Gasteiger partial charge is 0.323 e. The van der Waals surface area contributed by atoms with Gasteiger partial charge in [-0.2, -0.15) is 0 Å². The molecule has 1 amide bonds. The van der Waals surface area contributed by atoms with Crippen LogP contribution in [-0.2, 0) is 11.2 Å². The molecule has 108 valence electrons. The van der Waals surface area contributed by atoms with Crippen molar-refractivity contribution < 1.29 is 9.32 Å². The molecule has 2 aromatic heterocycles. The fourth-order valence-corrected chi connectivity index (χ4v) is 2.23. The first kappa shape index (κ1) is 13.2. The number of aromatic nitrogens is 3. The van der Waals surface area contributed by atoms with Crippen LogP contribution in [0.2, 0.25) is 0 Å². The van der Waals surface area contributed by atoms with Crippen molar-refractivity contribution in [1.82, 2.24) is 15.1 Å². The Morgan fingerprint density at radius 2 is 2.05 bits per heavy atom. The second-order valence-electron chi connectivity index (χ2n) is 4.87. The molecule has 0 bridgehead atoms. The lowest BCUT2D eigenvalue weighted by atomic mass is 10.1. The zero-order chi connectivity index (χ0) is 15.0. The van der Waals surface area contributed by atoms with Gasteiger partial charge in [0.15, 0.2) is 0 Å². The summed E-state index contributed by atoms with van der Waals surface area (Å²) in [6.45, 7) is 3.58. The van der Waals surface area contributed by atoms with Gasteiger partial charge in [-0.3, -0.25) is 4.79 Å². The predicted molar refractivity (Wildman–Crippen MR) is 77.2 cm³/mol. The van der Waals surface area contributed by atoms with Crippen molar-refractivity contribution in [2.24, 2.45) is 0 Å². The first-order valence-electron chi connectivity index (χ1n) is 6.46. The number of carbonyl (C=O) groups is 1. The number of benzene rings is 1. The van der Waals surface area contributed by atoms with Gasteiger partial charge < -0.3 is 19.8 Å². The average molecular weight is 286 g/mol. The van der Waals surface area contributed by atoms with Gasteiger partial charge in [-0.05, 0) is 32.0 Å². The fraction of sp³-hybridized carbons (Fsp3) is 0.214. The quantitative estimate of drug-likeness (QED) is 0.680. The molecule has 0 unspecified atom stereocenters. The largest absolute Gasteiger partial charge is 0.361 e. The lowest BCUT2D eigenvalue weighted by molar-refractivity contribution is -0.115. The number of aromatic amines is 2. The molecule has 3 rings (SSSR count). The van der Waals surface area contributed by atoms with Gasteiger partial charge in [-0.1, -0.05) is 5.16 Å². The fourth-order valence-electron chi connectivity index (χ4n) is 2.23. The summed E-state index contributed by atoms with van der Waals surface area (Å²) in [5.74, 6) is 0.481. The van der Waals surface area contributed by atoms with Crippen LogP contribution in [-0.4, -0.2) is 21.0 Å². The molecule has 7 heteroatoms. The molecule has 0 aliphatic carbocycles. The van der Waals surface area contributed by atoms with Gasteiger partial charge in [-0.25, -0.2) is 4.79 Å². The average Bonchev–Trinajstić information content (AvgIpc) is 2.94. The second-order valence-corrected chi connectivity index (χ2v) is 4.87. The topological polar surface area (TPSA) is 104 Å². The minimum Gasteiger partial charge on any atom is -0.361 e. The number of rotatable bonds is 3. The maximum atomic E-state index is 12.1. The zero-order valence-corrected chi connectivity index (χ0v) is 11.6. The molecule has 7 nitrogen and oxygen atoms in total. The second kappa shape index (κ2) is 4.93. The molecule has 3 N–H and O–H groups in total. The van der Waals surface area contributed by atoms with Crippen LogP contribution in [0, 0.1) is 13.8 Å². The maximum absolute atomic E-state index is 12.1. The standard InChI is InChI=1S/C14H14N4O3/c1-7-10(8(2)21-18-7)6-13(19)15-9-3-4-11-12(5-9)17-14(20)16-11/h3-5H,6H2,1-2H3,(H,15,19)(H2,16,17,20). The number of aryl methyl sites for hydroxylation is 2. The summed E-state index contributed by atoms with van der Waals surface area (Å²) in [4.78, 5) is 28.6. The van der Waals surface area contributed by atoms with Crippen LogP contribution in [0.5, 0.6) is 0 Å². The summed E-state index contributed by atoms with van der Waals surface area (Å²) in [6, 6.07) is 5.18. The molecular weight excluding hydrogens is 272 g/mol. The van der Waals surface area contributed by atoms with Crippen LogP contribution in [0.25, 0.3) is 11.0 Å². The summed E-state index contributed by atoms with van der Waals surface area (Å²) in [6.07, 6.45) is 0.197. The molecular formula is C14H14N4O3. The van der Waals surface area contributed by atoms with Crippen LogP contribution < -0.4 is 11.0 Å². The Kier molecular flexibility index (Phi) is 3.09. The first-order valence-corrected chi connectivity index (χ1v) is 6.46. The van der Waals surface area contributed by atoms with Gasteiger partial charge >= 0.3 is 5.69 Å². The monoisotopic (exact) mass is 286 g/mol. The van der Waals surface area contributed by atoms with E-state index in [1.54, 1.807) is 32.0 Å². The lowest BCUT2D eigenvalue weighted by Gasteiger charge is -2.05. The van der Waals surface area contributed by atoms with Crippen molar-refractivity contribution in [2.75, 3.05) is 5.32 Å². The number of hydrogen-bond donors (Lipinski definition) is 3. The highest BCUT2D eigenvalue weighted by molar-refractivity contribution is 5.94. The highest BCUT2D eigenvalue weighted by atomic mass is 16.5. The van der Waals surface area contributed by atoms with Crippen molar-refractivity contribution >= 4 is 22.6 Å². The highest BCUT2D eigenvalue weighted by Gasteiger charge is 2.13. The van der Waals surface area contributed by atoms with Gasteiger partial charge in [-0.15, -0.1) is 0 Å². The van der Waals surface area contributed by atoms with Crippen LogP contribution in [0.3, 0.4) is 0 Å². The summed E-state index contributed by atoms with van der Waals surface area (Å²) >= 11 is 0. The first-order chi connectivity index (χ1) is 10.0. The summed E-state index contributed by atoms with van der Waals surface area (Å²) in [5.41, 5.74) is 3.20. The van der Waals surface area contributed by atoms with Gasteiger partial charge in [0.05, 0.1) is 23.1 Å². The summed E-state index contributed by atoms with van der Waals surface area (Å²) in [7, 11) is 0.